The number of carbonyl (C=O) groups excluding carboxylic acids is 1. The van der Waals surface area contributed by atoms with Crippen LogP contribution in [-0.2, 0) is 6.54 Å². The van der Waals surface area contributed by atoms with Crippen molar-refractivity contribution in [3.63, 3.8) is 0 Å². The zero-order chi connectivity index (χ0) is 22.0. The molecule has 1 fully saturated rings. The number of anilines is 1. The molecule has 1 aliphatic rings. The molecule has 1 aromatic heterocycles. The predicted octanol–water partition coefficient (Wildman–Crippen LogP) is 3.23. The highest BCUT2D eigenvalue weighted by molar-refractivity contribution is 5.98. The van der Waals surface area contributed by atoms with Crippen LogP contribution in [0, 0.1) is 5.82 Å². The summed E-state index contributed by atoms with van der Waals surface area (Å²) in [6.45, 7) is 3.99. The zero-order valence-corrected chi connectivity index (χ0v) is 17.1. The molecule has 160 valence electrons. The lowest BCUT2D eigenvalue weighted by Crippen LogP contribution is -2.27. The van der Waals surface area contributed by atoms with Crippen molar-refractivity contribution in [2.75, 3.05) is 18.0 Å². The van der Waals surface area contributed by atoms with Gasteiger partial charge in [0.15, 0.2) is 0 Å². The Labute approximate surface area is 178 Å². The average molecular weight is 422 g/mol. The molecule has 2 aromatic carbocycles. The van der Waals surface area contributed by atoms with Crippen LogP contribution in [0.4, 0.5) is 10.1 Å². The summed E-state index contributed by atoms with van der Waals surface area (Å²) in [4.78, 5) is 27.5. The molecule has 2 N–H and O–H groups in total. The number of hydrogen-bond acceptors (Lipinski definition) is 5. The average Bonchev–Trinajstić information content (AvgIpc) is 3.30. The number of halogens is 1. The fourth-order valence-electron chi connectivity index (χ4n) is 3.81. The van der Waals surface area contributed by atoms with Gasteiger partial charge in [0.2, 0.25) is 5.43 Å². The summed E-state index contributed by atoms with van der Waals surface area (Å²) in [5.41, 5.74) is 3.45. The van der Waals surface area contributed by atoms with Crippen molar-refractivity contribution in [3.05, 3.63) is 69.8 Å². The number of phenolic OH excluding ortho intramolecular Hbond substituents is 1. The quantitative estimate of drug-likeness (QED) is 0.488. The Morgan fingerprint density at radius 1 is 1.23 bits per heavy atom. The molecular weight excluding hydrogens is 399 g/mol. The van der Waals surface area contributed by atoms with E-state index in [1.54, 1.807) is 22.8 Å². The standard InChI is InChI=1S/C23H23FN4O3/c1-2-27-14-18(23(31)26-25-13-15-5-7-16(29)8-6-15)22(30)17-11-19(24)21(12-20(17)27)28-9-3-4-10-28/h5-8,11-14,29H,2-4,9-10H2,1H3,(H,26,31). The lowest BCUT2D eigenvalue weighted by molar-refractivity contribution is 0.0953. The van der Waals surface area contributed by atoms with Crippen LogP contribution in [0.2, 0.25) is 0 Å². The van der Waals surface area contributed by atoms with Crippen LogP contribution in [0.5, 0.6) is 5.75 Å². The Bertz CT molecular complexity index is 1210. The summed E-state index contributed by atoms with van der Waals surface area (Å²) >= 11 is 0. The van der Waals surface area contributed by atoms with Crippen LogP contribution >= 0.6 is 0 Å². The first-order valence-electron chi connectivity index (χ1n) is 10.2. The maximum absolute atomic E-state index is 14.8. The van der Waals surface area contributed by atoms with E-state index in [9.17, 15) is 19.1 Å². The summed E-state index contributed by atoms with van der Waals surface area (Å²) in [6.07, 6.45) is 4.92. The Hall–Kier alpha value is -3.68. The number of nitrogens with one attached hydrogen (secondary N) is 1. The predicted molar refractivity (Wildman–Crippen MR) is 118 cm³/mol. The maximum Gasteiger partial charge on any atom is 0.276 e. The summed E-state index contributed by atoms with van der Waals surface area (Å²) in [6, 6.07) is 9.19. The third-order valence-corrected chi connectivity index (χ3v) is 5.45. The Kier molecular flexibility index (Phi) is 5.70. The fraction of sp³-hybridized carbons (Fsp3) is 0.261. The molecule has 4 rings (SSSR count). The van der Waals surface area contributed by atoms with Crippen molar-refractivity contribution in [3.8, 4) is 5.75 Å². The molecule has 0 bridgehead atoms. The molecule has 0 spiro atoms. The van der Waals surface area contributed by atoms with E-state index in [1.165, 1.54) is 30.6 Å². The lowest BCUT2D eigenvalue weighted by atomic mass is 10.1. The van der Waals surface area contributed by atoms with Gasteiger partial charge in [-0.2, -0.15) is 5.10 Å². The first-order chi connectivity index (χ1) is 15.0. The molecule has 0 radical (unpaired) electrons. The van der Waals surface area contributed by atoms with E-state index in [0.717, 1.165) is 25.9 Å². The molecule has 2 heterocycles. The molecule has 0 atom stereocenters. The van der Waals surface area contributed by atoms with Crippen LogP contribution in [0.3, 0.4) is 0 Å². The van der Waals surface area contributed by atoms with Crippen molar-refractivity contribution in [1.82, 2.24) is 9.99 Å². The largest absolute Gasteiger partial charge is 0.508 e. The number of aromatic hydroxyl groups is 1. The fourth-order valence-corrected chi connectivity index (χ4v) is 3.81. The summed E-state index contributed by atoms with van der Waals surface area (Å²) in [7, 11) is 0. The highest BCUT2D eigenvalue weighted by atomic mass is 19.1. The van der Waals surface area contributed by atoms with Gasteiger partial charge in [-0.3, -0.25) is 9.59 Å². The number of hydrazone groups is 1. The van der Waals surface area contributed by atoms with Gasteiger partial charge in [-0.1, -0.05) is 0 Å². The van der Waals surface area contributed by atoms with Gasteiger partial charge in [0.25, 0.3) is 5.91 Å². The van der Waals surface area contributed by atoms with E-state index in [4.69, 9.17) is 0 Å². The minimum Gasteiger partial charge on any atom is -0.508 e. The second-order valence-electron chi connectivity index (χ2n) is 7.46. The highest BCUT2D eigenvalue weighted by Crippen LogP contribution is 2.28. The SMILES string of the molecule is CCn1cc(C(=O)NN=Cc2ccc(O)cc2)c(=O)c2cc(F)c(N3CCCC3)cc21. The number of nitrogens with zero attached hydrogens (tertiary/aromatic N) is 3. The molecule has 1 aliphatic heterocycles. The van der Waals surface area contributed by atoms with Gasteiger partial charge in [-0.05, 0) is 61.7 Å². The van der Waals surface area contributed by atoms with E-state index >= 15 is 0 Å². The topological polar surface area (TPSA) is 86.9 Å². The van der Waals surface area contributed by atoms with E-state index < -0.39 is 17.2 Å². The molecule has 1 saturated heterocycles. The molecule has 31 heavy (non-hydrogen) atoms. The van der Waals surface area contributed by atoms with Gasteiger partial charge in [0.05, 0.1) is 17.4 Å². The zero-order valence-electron chi connectivity index (χ0n) is 17.1. The van der Waals surface area contributed by atoms with E-state index in [-0.39, 0.29) is 16.7 Å². The van der Waals surface area contributed by atoms with E-state index in [1.807, 2.05) is 11.8 Å². The number of amides is 1. The number of phenols is 1. The number of pyridine rings is 1. The smallest absolute Gasteiger partial charge is 0.276 e. The van der Waals surface area contributed by atoms with Crippen LogP contribution in [0.1, 0.15) is 35.7 Å². The number of aryl methyl sites for hydroxylation is 1. The van der Waals surface area contributed by atoms with E-state index in [0.29, 0.717) is 23.3 Å². The summed E-state index contributed by atoms with van der Waals surface area (Å²) in [5, 5.41) is 13.3. The van der Waals surface area contributed by atoms with Crippen LogP contribution in [0.25, 0.3) is 10.9 Å². The van der Waals surface area contributed by atoms with Gasteiger partial charge >= 0.3 is 0 Å². The minimum absolute atomic E-state index is 0.106. The van der Waals surface area contributed by atoms with Crippen molar-refractivity contribution >= 4 is 28.7 Å². The molecule has 0 saturated carbocycles. The molecule has 0 aliphatic carbocycles. The van der Waals surface area contributed by atoms with Crippen molar-refractivity contribution in [2.45, 2.75) is 26.3 Å². The molecule has 8 heteroatoms. The number of hydrogen-bond donors (Lipinski definition) is 2. The van der Waals surface area contributed by atoms with Crippen molar-refractivity contribution in [2.24, 2.45) is 5.10 Å². The highest BCUT2D eigenvalue weighted by Gasteiger charge is 2.21. The number of rotatable bonds is 5. The number of benzene rings is 2. The minimum atomic E-state index is -0.673. The third-order valence-electron chi connectivity index (χ3n) is 5.45. The van der Waals surface area contributed by atoms with E-state index in [2.05, 4.69) is 10.5 Å². The van der Waals surface area contributed by atoms with Crippen LogP contribution < -0.4 is 15.8 Å². The Morgan fingerprint density at radius 3 is 2.61 bits per heavy atom. The number of carbonyl (C=O) groups is 1. The first kappa shape index (κ1) is 20.6. The van der Waals surface area contributed by atoms with Crippen molar-refractivity contribution < 1.29 is 14.3 Å². The molecule has 7 nitrogen and oxygen atoms in total. The lowest BCUT2D eigenvalue weighted by Gasteiger charge is -2.20. The van der Waals surface area contributed by atoms with Crippen molar-refractivity contribution in [1.29, 1.82) is 0 Å². The molecular formula is C23H23FN4O3. The van der Waals surface area contributed by atoms with Gasteiger partial charge in [-0.15, -0.1) is 0 Å². The van der Waals surface area contributed by atoms with Crippen LogP contribution in [-0.4, -0.2) is 34.9 Å². The molecule has 1 amide bonds. The summed E-state index contributed by atoms with van der Waals surface area (Å²) < 4.78 is 16.6. The number of fused-ring (bicyclic) bond motifs is 1. The summed E-state index contributed by atoms with van der Waals surface area (Å²) in [5.74, 6) is -1.01. The first-order valence-corrected chi connectivity index (χ1v) is 10.2. The third kappa shape index (κ3) is 4.14. The second kappa shape index (κ2) is 8.59. The van der Waals surface area contributed by atoms with Crippen LogP contribution in [0.15, 0.2) is 52.5 Å². The Balaban J connectivity index is 1.67. The Morgan fingerprint density at radius 2 is 1.94 bits per heavy atom. The normalized spacial score (nSPS) is 13.9. The van der Waals surface area contributed by atoms with Gasteiger partial charge in [0, 0.05) is 31.2 Å². The monoisotopic (exact) mass is 422 g/mol. The number of aromatic nitrogens is 1. The molecule has 0 unspecified atom stereocenters. The second-order valence-corrected chi connectivity index (χ2v) is 7.46. The van der Waals surface area contributed by atoms with Gasteiger partial charge in [0.1, 0.15) is 17.1 Å². The van der Waals surface area contributed by atoms with Gasteiger partial charge in [-0.25, -0.2) is 9.82 Å². The van der Waals surface area contributed by atoms with Gasteiger partial charge < -0.3 is 14.6 Å². The maximum atomic E-state index is 14.8. The molecule has 3 aromatic rings.